The van der Waals surface area contributed by atoms with Crippen LogP contribution in [0.25, 0.3) is 33.1 Å². The maximum absolute atomic E-state index is 6.40. The Hall–Kier alpha value is -4.30. The zero-order chi connectivity index (χ0) is 30.9. The molecule has 0 saturated heterocycles. The van der Waals surface area contributed by atoms with Crippen LogP contribution in [0, 0.1) is 11.8 Å². The number of rotatable bonds is 5. The minimum absolute atomic E-state index is 0.0712. The van der Waals surface area contributed by atoms with Gasteiger partial charge in [0.1, 0.15) is 11.2 Å². The first-order valence-corrected chi connectivity index (χ1v) is 16.8. The predicted octanol–water partition coefficient (Wildman–Crippen LogP) is 12.5. The van der Waals surface area contributed by atoms with E-state index in [1.807, 2.05) is 6.07 Å². The van der Waals surface area contributed by atoms with Crippen molar-refractivity contribution in [1.29, 1.82) is 0 Å². The lowest BCUT2D eigenvalue weighted by Gasteiger charge is -2.35. The fraction of sp³-hybridized carbons (Fsp3) is 0.302. The summed E-state index contributed by atoms with van der Waals surface area (Å²) in [6.45, 7) is 11.7. The first-order valence-electron chi connectivity index (χ1n) is 16.8. The van der Waals surface area contributed by atoms with Crippen molar-refractivity contribution in [2.75, 3.05) is 4.90 Å². The lowest BCUT2D eigenvalue weighted by Crippen LogP contribution is -2.30. The molecule has 0 bridgehead atoms. The largest absolute Gasteiger partial charge is 0.456 e. The molecule has 1 saturated carbocycles. The molecule has 1 aromatic heterocycles. The molecule has 226 valence electrons. The molecule has 3 atom stereocenters. The summed E-state index contributed by atoms with van der Waals surface area (Å²) in [6, 6.07) is 40.8. The summed E-state index contributed by atoms with van der Waals surface area (Å²) in [5, 5.41) is 2.32. The second kappa shape index (κ2) is 10.4. The summed E-state index contributed by atoms with van der Waals surface area (Å²) < 4.78 is 6.40. The summed E-state index contributed by atoms with van der Waals surface area (Å²) >= 11 is 0. The van der Waals surface area contributed by atoms with E-state index in [0.29, 0.717) is 11.8 Å². The zero-order valence-corrected chi connectivity index (χ0v) is 27.2. The summed E-state index contributed by atoms with van der Waals surface area (Å²) in [6.07, 6.45) is 5.01. The van der Waals surface area contributed by atoms with Gasteiger partial charge in [0.05, 0.1) is 0 Å². The maximum Gasteiger partial charge on any atom is 0.137 e. The Kier molecular flexibility index (Phi) is 6.50. The molecule has 8 rings (SSSR count). The van der Waals surface area contributed by atoms with Gasteiger partial charge in [0, 0.05) is 39.3 Å². The second-order valence-electron chi connectivity index (χ2n) is 14.7. The molecular formula is C43H43NO. The maximum atomic E-state index is 6.40. The Morgan fingerprint density at radius 2 is 1.38 bits per heavy atom. The minimum atomic E-state index is 0.0712. The molecule has 1 fully saturated rings. The Balaban J connectivity index is 1.33. The number of hydrogen-bond acceptors (Lipinski definition) is 2. The molecule has 5 aromatic carbocycles. The van der Waals surface area contributed by atoms with Crippen molar-refractivity contribution in [3.05, 3.63) is 126 Å². The van der Waals surface area contributed by atoms with Crippen LogP contribution < -0.4 is 4.90 Å². The minimum Gasteiger partial charge on any atom is -0.456 e. The van der Waals surface area contributed by atoms with Gasteiger partial charge in [0.15, 0.2) is 0 Å². The molecule has 0 radical (unpaired) electrons. The van der Waals surface area contributed by atoms with Crippen molar-refractivity contribution in [2.24, 2.45) is 11.8 Å². The van der Waals surface area contributed by atoms with E-state index in [1.54, 1.807) is 5.56 Å². The number of nitrogens with zero attached hydrogens (tertiary/aromatic N) is 1. The first-order chi connectivity index (χ1) is 21.8. The van der Waals surface area contributed by atoms with Crippen molar-refractivity contribution in [1.82, 2.24) is 0 Å². The average molecular weight is 590 g/mol. The number of furan rings is 1. The van der Waals surface area contributed by atoms with Gasteiger partial charge in [-0.3, -0.25) is 0 Å². The van der Waals surface area contributed by atoms with E-state index in [-0.39, 0.29) is 10.8 Å². The molecule has 0 amide bonds. The second-order valence-corrected chi connectivity index (χ2v) is 14.7. The summed E-state index contributed by atoms with van der Waals surface area (Å²) in [5.74, 6) is 1.36. The van der Waals surface area contributed by atoms with Crippen molar-refractivity contribution in [2.45, 2.75) is 71.1 Å². The van der Waals surface area contributed by atoms with Gasteiger partial charge in [-0.15, -0.1) is 0 Å². The van der Waals surface area contributed by atoms with Gasteiger partial charge in [-0.1, -0.05) is 102 Å². The smallest absolute Gasteiger partial charge is 0.137 e. The van der Waals surface area contributed by atoms with Gasteiger partial charge in [0.2, 0.25) is 0 Å². The lowest BCUT2D eigenvalue weighted by molar-refractivity contribution is 0.355. The highest BCUT2D eigenvalue weighted by Gasteiger charge is 2.52. The van der Waals surface area contributed by atoms with Crippen molar-refractivity contribution < 1.29 is 4.42 Å². The summed E-state index contributed by atoms with van der Waals surface area (Å²) in [7, 11) is 0. The number of fused-ring (bicyclic) bond motifs is 8. The third-order valence-corrected chi connectivity index (χ3v) is 10.7. The van der Waals surface area contributed by atoms with Crippen LogP contribution in [0.1, 0.15) is 77.0 Å². The standard InChI is InChI=1S/C43H43NO/c1-6-11-30-24-28(2)27-43(30)38-14-9-7-12-34(38)35-22-20-32(25-39(35)43)44(31-18-16-29(17-19-31)42(3,4)5)33-21-23-37-36-13-8-10-15-40(36)45-41(37)26-33/h7-10,12-23,25-26,28,30H,6,11,24,27H2,1-5H3. The summed E-state index contributed by atoms with van der Waals surface area (Å²) in [5.41, 5.74) is 12.7. The van der Waals surface area contributed by atoms with Gasteiger partial charge in [-0.2, -0.15) is 0 Å². The molecule has 1 spiro atoms. The lowest BCUT2D eigenvalue weighted by atomic mass is 9.68. The molecule has 2 nitrogen and oxygen atoms in total. The number of para-hydroxylation sites is 1. The Morgan fingerprint density at radius 1 is 0.711 bits per heavy atom. The van der Waals surface area contributed by atoms with Crippen molar-refractivity contribution in [3.8, 4) is 11.1 Å². The highest BCUT2D eigenvalue weighted by Crippen LogP contribution is 2.62. The van der Waals surface area contributed by atoms with Crippen LogP contribution in [0.3, 0.4) is 0 Å². The zero-order valence-electron chi connectivity index (χ0n) is 27.2. The molecule has 0 aliphatic heterocycles. The van der Waals surface area contributed by atoms with Crippen LogP contribution in [0.2, 0.25) is 0 Å². The van der Waals surface area contributed by atoms with Gasteiger partial charge >= 0.3 is 0 Å². The van der Waals surface area contributed by atoms with Crippen LogP contribution in [-0.2, 0) is 10.8 Å². The Morgan fingerprint density at radius 3 is 2.18 bits per heavy atom. The highest BCUT2D eigenvalue weighted by molar-refractivity contribution is 6.06. The average Bonchev–Trinajstić information content (AvgIpc) is 3.67. The van der Waals surface area contributed by atoms with Crippen LogP contribution in [0.15, 0.2) is 114 Å². The molecule has 2 aliphatic carbocycles. The SMILES string of the molecule is CCCC1CC(C)CC12c1ccccc1-c1ccc(N(c3ccc(C(C)(C)C)cc3)c3ccc4c(c3)oc3ccccc34)cc12. The van der Waals surface area contributed by atoms with Crippen LogP contribution in [0.5, 0.6) is 0 Å². The fourth-order valence-electron chi connectivity index (χ4n) is 8.80. The molecule has 2 aliphatic rings. The van der Waals surface area contributed by atoms with E-state index < -0.39 is 0 Å². The number of anilines is 3. The fourth-order valence-corrected chi connectivity index (χ4v) is 8.80. The molecule has 6 aromatic rings. The van der Waals surface area contributed by atoms with Gasteiger partial charge in [0.25, 0.3) is 0 Å². The van der Waals surface area contributed by atoms with E-state index >= 15 is 0 Å². The molecule has 2 heteroatoms. The predicted molar refractivity (Wildman–Crippen MR) is 190 cm³/mol. The highest BCUT2D eigenvalue weighted by atomic mass is 16.3. The van der Waals surface area contributed by atoms with E-state index in [0.717, 1.165) is 33.3 Å². The van der Waals surface area contributed by atoms with Gasteiger partial charge in [-0.25, -0.2) is 0 Å². The molecular weight excluding hydrogens is 546 g/mol. The van der Waals surface area contributed by atoms with Crippen LogP contribution in [-0.4, -0.2) is 0 Å². The monoisotopic (exact) mass is 589 g/mol. The van der Waals surface area contributed by atoms with Crippen LogP contribution in [0.4, 0.5) is 17.1 Å². The Labute approximate surface area is 267 Å². The number of benzene rings is 5. The van der Waals surface area contributed by atoms with Crippen molar-refractivity contribution in [3.63, 3.8) is 0 Å². The van der Waals surface area contributed by atoms with E-state index in [4.69, 9.17) is 4.42 Å². The topological polar surface area (TPSA) is 16.4 Å². The molecule has 3 unspecified atom stereocenters. The normalized spacial score (nSPS) is 20.6. The quantitative estimate of drug-likeness (QED) is 0.199. The van der Waals surface area contributed by atoms with Gasteiger partial charge in [-0.05, 0) is 107 Å². The molecule has 45 heavy (non-hydrogen) atoms. The Bertz CT molecular complexity index is 2040. The molecule has 1 heterocycles. The van der Waals surface area contributed by atoms with Crippen molar-refractivity contribution >= 4 is 39.0 Å². The van der Waals surface area contributed by atoms with Gasteiger partial charge < -0.3 is 9.32 Å². The first kappa shape index (κ1) is 28.2. The third-order valence-electron chi connectivity index (χ3n) is 10.7. The summed E-state index contributed by atoms with van der Waals surface area (Å²) in [4.78, 5) is 2.43. The van der Waals surface area contributed by atoms with Crippen LogP contribution >= 0.6 is 0 Å². The third kappa shape index (κ3) is 4.36. The van der Waals surface area contributed by atoms with E-state index in [2.05, 4.69) is 143 Å². The van der Waals surface area contributed by atoms with E-state index in [9.17, 15) is 0 Å². The molecule has 0 N–H and O–H groups in total. The van der Waals surface area contributed by atoms with E-state index in [1.165, 1.54) is 53.6 Å². The number of hydrogen-bond donors (Lipinski definition) is 0.